The number of phenolic OH excluding ortho intramolecular Hbond substituents is 1. The van der Waals surface area contributed by atoms with Gasteiger partial charge in [-0.2, -0.15) is 0 Å². The summed E-state index contributed by atoms with van der Waals surface area (Å²) in [4.78, 5) is 0. The van der Waals surface area contributed by atoms with Gasteiger partial charge in [-0.25, -0.2) is 0 Å². The molecule has 1 aromatic rings. The summed E-state index contributed by atoms with van der Waals surface area (Å²) in [7, 11) is 0. The second kappa shape index (κ2) is 3.52. The van der Waals surface area contributed by atoms with E-state index in [-0.39, 0.29) is 5.75 Å². The number of nitrogens with one attached hydrogen (secondary N) is 1. The molecule has 2 N–H and O–H groups in total. The van der Waals surface area contributed by atoms with Crippen molar-refractivity contribution in [1.29, 1.82) is 0 Å². The van der Waals surface area contributed by atoms with Crippen LogP contribution in [0.15, 0.2) is 24.3 Å². The number of hydrogen-bond donors (Lipinski definition) is 2. The molecule has 0 fully saturated rings. The molecule has 0 amide bonds. The smallest absolute Gasteiger partial charge is 0.115 e. The fourth-order valence-electron chi connectivity index (χ4n) is 0.732. The zero-order valence-corrected chi connectivity index (χ0v) is 6.04. The highest BCUT2D eigenvalue weighted by molar-refractivity contribution is 5.46. The van der Waals surface area contributed by atoms with Gasteiger partial charge >= 0.3 is 0 Å². The van der Waals surface area contributed by atoms with Gasteiger partial charge in [0.15, 0.2) is 0 Å². The Morgan fingerprint density at radius 2 is 2.00 bits per heavy atom. The van der Waals surface area contributed by atoms with Crippen molar-refractivity contribution in [3.63, 3.8) is 0 Å². The summed E-state index contributed by atoms with van der Waals surface area (Å²) in [5, 5.41) is 11.9. The average Bonchev–Trinajstić information content (AvgIpc) is 2.04. The van der Waals surface area contributed by atoms with Gasteiger partial charge in [0.2, 0.25) is 0 Å². The van der Waals surface area contributed by atoms with E-state index in [4.69, 9.17) is 11.5 Å². The predicted molar refractivity (Wildman–Crippen MR) is 45.4 cm³/mol. The maximum Gasteiger partial charge on any atom is 0.115 e. The van der Waals surface area contributed by atoms with Gasteiger partial charge in [-0.05, 0) is 24.3 Å². The number of hydrogen-bond acceptors (Lipinski definition) is 2. The lowest BCUT2D eigenvalue weighted by Gasteiger charge is -2.00. The van der Waals surface area contributed by atoms with Gasteiger partial charge in [-0.1, -0.05) is 5.92 Å². The molecule has 0 aromatic heterocycles. The molecule has 2 heteroatoms. The van der Waals surface area contributed by atoms with Crippen LogP contribution in [0.2, 0.25) is 0 Å². The molecular weight excluding hydrogens is 138 g/mol. The van der Waals surface area contributed by atoms with Crippen LogP contribution in [0.3, 0.4) is 0 Å². The van der Waals surface area contributed by atoms with Crippen LogP contribution >= 0.6 is 0 Å². The Labute approximate surface area is 65.9 Å². The Kier molecular flexibility index (Phi) is 2.40. The lowest BCUT2D eigenvalue weighted by atomic mass is 10.3. The molecular formula is C9H9NO. The van der Waals surface area contributed by atoms with Crippen LogP contribution in [0, 0.1) is 12.3 Å². The Balaban J connectivity index is 2.60. The van der Waals surface area contributed by atoms with E-state index in [0.717, 1.165) is 5.69 Å². The summed E-state index contributed by atoms with van der Waals surface area (Å²) in [5.74, 6) is 2.72. The molecule has 0 aliphatic heterocycles. The second-order valence-electron chi connectivity index (χ2n) is 2.10. The van der Waals surface area contributed by atoms with Crippen molar-refractivity contribution < 1.29 is 5.11 Å². The highest BCUT2D eigenvalue weighted by atomic mass is 16.3. The molecule has 11 heavy (non-hydrogen) atoms. The summed E-state index contributed by atoms with van der Waals surface area (Å²) >= 11 is 0. The molecule has 0 bridgehead atoms. The maximum atomic E-state index is 8.91. The van der Waals surface area contributed by atoms with Crippen LogP contribution in [-0.2, 0) is 0 Å². The number of rotatable bonds is 2. The molecule has 0 heterocycles. The minimum absolute atomic E-state index is 0.260. The molecule has 0 spiro atoms. The number of benzene rings is 1. The van der Waals surface area contributed by atoms with E-state index in [1.807, 2.05) is 0 Å². The van der Waals surface area contributed by atoms with E-state index in [1.54, 1.807) is 24.3 Å². The molecule has 0 saturated heterocycles. The third-order valence-electron chi connectivity index (χ3n) is 1.26. The number of phenols is 1. The van der Waals surface area contributed by atoms with Gasteiger partial charge < -0.3 is 10.4 Å². The van der Waals surface area contributed by atoms with Crippen LogP contribution in [0.4, 0.5) is 5.69 Å². The quantitative estimate of drug-likeness (QED) is 0.490. The third kappa shape index (κ3) is 2.23. The second-order valence-corrected chi connectivity index (χ2v) is 2.10. The Hall–Kier alpha value is -1.62. The first kappa shape index (κ1) is 7.49. The highest BCUT2D eigenvalue weighted by Crippen LogP contribution is 2.12. The van der Waals surface area contributed by atoms with Crippen molar-refractivity contribution in [2.24, 2.45) is 0 Å². The largest absolute Gasteiger partial charge is 0.508 e. The van der Waals surface area contributed by atoms with E-state index >= 15 is 0 Å². The fraction of sp³-hybridized carbons (Fsp3) is 0.111. The normalized spacial score (nSPS) is 8.64. The van der Waals surface area contributed by atoms with E-state index in [9.17, 15) is 0 Å². The third-order valence-corrected chi connectivity index (χ3v) is 1.26. The first-order valence-electron chi connectivity index (χ1n) is 3.29. The summed E-state index contributed by atoms with van der Waals surface area (Å²) < 4.78 is 0. The first-order chi connectivity index (χ1) is 5.33. The molecule has 1 aromatic carbocycles. The van der Waals surface area contributed by atoms with Crippen LogP contribution in [0.25, 0.3) is 0 Å². The molecule has 2 nitrogen and oxygen atoms in total. The monoisotopic (exact) mass is 147 g/mol. The van der Waals surface area contributed by atoms with E-state index in [0.29, 0.717) is 6.54 Å². The fourth-order valence-corrected chi connectivity index (χ4v) is 0.732. The summed E-state index contributed by atoms with van der Waals surface area (Å²) in [6.45, 7) is 0.505. The van der Waals surface area contributed by atoms with Crippen molar-refractivity contribution in [2.75, 3.05) is 11.9 Å². The van der Waals surface area contributed by atoms with Gasteiger partial charge in [0.25, 0.3) is 0 Å². The predicted octanol–water partition coefficient (Wildman–Crippen LogP) is 1.44. The molecule has 0 saturated carbocycles. The standard InChI is InChI=1S/C9H9NO/c1-2-7-10-8-3-5-9(11)6-4-8/h1,3-6,10-11H,7H2. The number of terminal acetylenes is 1. The zero-order chi connectivity index (χ0) is 8.10. The maximum absolute atomic E-state index is 8.91. The van der Waals surface area contributed by atoms with Crippen molar-refractivity contribution in [1.82, 2.24) is 0 Å². The highest BCUT2D eigenvalue weighted by Gasteiger charge is 1.88. The lowest BCUT2D eigenvalue weighted by molar-refractivity contribution is 0.475. The summed E-state index contributed by atoms with van der Waals surface area (Å²) in [6, 6.07) is 6.76. The zero-order valence-electron chi connectivity index (χ0n) is 6.04. The average molecular weight is 147 g/mol. The van der Waals surface area contributed by atoms with Gasteiger partial charge in [0.05, 0.1) is 6.54 Å². The minimum atomic E-state index is 0.260. The minimum Gasteiger partial charge on any atom is -0.508 e. The van der Waals surface area contributed by atoms with Crippen LogP contribution in [-0.4, -0.2) is 11.7 Å². The van der Waals surface area contributed by atoms with Gasteiger partial charge in [0.1, 0.15) is 5.75 Å². The molecule has 0 aliphatic carbocycles. The first-order valence-corrected chi connectivity index (χ1v) is 3.29. The number of anilines is 1. The van der Waals surface area contributed by atoms with Crippen molar-refractivity contribution >= 4 is 5.69 Å². The SMILES string of the molecule is C#CCNc1ccc(O)cc1. The number of aromatic hydroxyl groups is 1. The van der Waals surface area contributed by atoms with Gasteiger partial charge in [-0.3, -0.25) is 0 Å². The Morgan fingerprint density at radius 3 is 2.55 bits per heavy atom. The Morgan fingerprint density at radius 1 is 1.36 bits per heavy atom. The molecule has 0 aliphatic rings. The van der Waals surface area contributed by atoms with Crippen LogP contribution in [0.1, 0.15) is 0 Å². The van der Waals surface area contributed by atoms with Crippen LogP contribution < -0.4 is 5.32 Å². The van der Waals surface area contributed by atoms with E-state index < -0.39 is 0 Å². The summed E-state index contributed by atoms with van der Waals surface area (Å²) in [6.07, 6.45) is 5.04. The van der Waals surface area contributed by atoms with E-state index in [1.165, 1.54) is 0 Å². The molecule has 0 unspecified atom stereocenters. The molecule has 56 valence electrons. The van der Waals surface area contributed by atoms with Crippen LogP contribution in [0.5, 0.6) is 5.75 Å². The van der Waals surface area contributed by atoms with Crippen molar-refractivity contribution in [3.8, 4) is 18.1 Å². The molecule has 1 rings (SSSR count). The Bertz CT molecular complexity index is 258. The molecule has 0 atom stereocenters. The summed E-state index contributed by atoms with van der Waals surface area (Å²) in [5.41, 5.74) is 0.917. The van der Waals surface area contributed by atoms with Crippen molar-refractivity contribution in [2.45, 2.75) is 0 Å². The molecule has 0 radical (unpaired) electrons. The lowest BCUT2D eigenvalue weighted by Crippen LogP contribution is -1.96. The van der Waals surface area contributed by atoms with Crippen molar-refractivity contribution in [3.05, 3.63) is 24.3 Å². The van der Waals surface area contributed by atoms with E-state index in [2.05, 4.69) is 11.2 Å². The topological polar surface area (TPSA) is 32.3 Å². The van der Waals surface area contributed by atoms with Gasteiger partial charge in [0, 0.05) is 5.69 Å². The van der Waals surface area contributed by atoms with Gasteiger partial charge in [-0.15, -0.1) is 6.42 Å².